The zero-order valence-electron chi connectivity index (χ0n) is 17.8. The van der Waals surface area contributed by atoms with E-state index in [2.05, 4.69) is 33.8 Å². The predicted octanol–water partition coefficient (Wildman–Crippen LogP) is 5.09. The van der Waals surface area contributed by atoms with Crippen LogP contribution < -0.4 is 10.6 Å². The van der Waals surface area contributed by atoms with Gasteiger partial charge in [0.1, 0.15) is 17.3 Å². The molecule has 0 saturated heterocycles. The summed E-state index contributed by atoms with van der Waals surface area (Å²) in [5, 5.41) is 21.9. The van der Waals surface area contributed by atoms with Gasteiger partial charge in [-0.2, -0.15) is 5.10 Å². The van der Waals surface area contributed by atoms with Crippen molar-refractivity contribution in [1.29, 1.82) is 0 Å². The second-order valence-corrected chi connectivity index (χ2v) is 8.79. The Bertz CT molecular complexity index is 1260. The van der Waals surface area contributed by atoms with Crippen molar-refractivity contribution in [2.75, 3.05) is 10.6 Å². The lowest BCUT2D eigenvalue weighted by Crippen LogP contribution is -2.16. The standard InChI is InChI=1S/C25H26N6O/c32-19-12-8-16(9-13-19)24-23(20-14-15-26-25(29-20)28-17-4-1-2-5-17)21-6-3-7-22(31(21)30-24)27-18-10-11-18/h3,6-9,12-15,17-18,27,32H,1-2,4-5,10-11H2,(H,26,28,29). The number of phenolic OH excluding ortho intramolecular Hbond substituents is 1. The van der Waals surface area contributed by atoms with Crippen molar-refractivity contribution >= 4 is 17.3 Å². The molecule has 0 atom stereocenters. The highest BCUT2D eigenvalue weighted by Crippen LogP contribution is 2.37. The molecule has 0 unspecified atom stereocenters. The Balaban J connectivity index is 1.49. The van der Waals surface area contributed by atoms with Crippen LogP contribution in [0.25, 0.3) is 28.0 Å². The molecule has 3 heterocycles. The second kappa shape index (κ2) is 7.82. The fourth-order valence-electron chi connectivity index (χ4n) is 4.51. The number of anilines is 2. The van der Waals surface area contributed by atoms with E-state index in [0.717, 1.165) is 33.8 Å². The quantitative estimate of drug-likeness (QED) is 0.398. The molecule has 0 amide bonds. The number of hydrogen-bond acceptors (Lipinski definition) is 6. The van der Waals surface area contributed by atoms with Gasteiger partial charge in [-0.15, -0.1) is 0 Å². The second-order valence-electron chi connectivity index (χ2n) is 8.79. The maximum absolute atomic E-state index is 9.79. The van der Waals surface area contributed by atoms with E-state index >= 15 is 0 Å². The number of aromatic nitrogens is 4. The van der Waals surface area contributed by atoms with E-state index in [4.69, 9.17) is 10.1 Å². The van der Waals surface area contributed by atoms with Gasteiger partial charge in [-0.25, -0.2) is 14.5 Å². The maximum Gasteiger partial charge on any atom is 0.223 e. The summed E-state index contributed by atoms with van der Waals surface area (Å²) in [7, 11) is 0. The zero-order chi connectivity index (χ0) is 21.5. The Morgan fingerprint density at radius 3 is 2.44 bits per heavy atom. The van der Waals surface area contributed by atoms with Crippen molar-refractivity contribution in [2.24, 2.45) is 0 Å². The van der Waals surface area contributed by atoms with Gasteiger partial charge in [-0.05, 0) is 68.1 Å². The van der Waals surface area contributed by atoms with Gasteiger partial charge in [-0.1, -0.05) is 18.9 Å². The number of benzene rings is 1. The van der Waals surface area contributed by atoms with Crippen molar-refractivity contribution in [2.45, 2.75) is 50.6 Å². The number of fused-ring (bicyclic) bond motifs is 1. The van der Waals surface area contributed by atoms with Gasteiger partial charge in [0, 0.05) is 23.8 Å². The summed E-state index contributed by atoms with van der Waals surface area (Å²) in [6, 6.07) is 16.3. The first-order valence-corrected chi connectivity index (χ1v) is 11.4. The Hall–Kier alpha value is -3.61. The highest BCUT2D eigenvalue weighted by atomic mass is 16.3. The molecule has 1 aromatic carbocycles. The lowest BCUT2D eigenvalue weighted by molar-refractivity contribution is 0.475. The molecular weight excluding hydrogens is 400 g/mol. The number of phenols is 1. The van der Waals surface area contributed by atoms with Gasteiger partial charge < -0.3 is 15.7 Å². The largest absolute Gasteiger partial charge is 0.508 e. The third-order valence-corrected chi connectivity index (χ3v) is 6.33. The predicted molar refractivity (Wildman–Crippen MR) is 126 cm³/mol. The number of pyridine rings is 1. The van der Waals surface area contributed by atoms with E-state index in [0.29, 0.717) is 18.0 Å². The summed E-state index contributed by atoms with van der Waals surface area (Å²) in [5.41, 5.74) is 4.56. The van der Waals surface area contributed by atoms with E-state index in [-0.39, 0.29) is 5.75 Å². The molecule has 3 N–H and O–H groups in total. The minimum absolute atomic E-state index is 0.236. The number of aromatic hydroxyl groups is 1. The van der Waals surface area contributed by atoms with Crippen LogP contribution in [-0.2, 0) is 0 Å². The molecule has 4 aromatic rings. The van der Waals surface area contributed by atoms with Gasteiger partial charge in [0.2, 0.25) is 5.95 Å². The van der Waals surface area contributed by atoms with Crippen molar-refractivity contribution in [3.8, 4) is 28.3 Å². The number of hydrogen-bond donors (Lipinski definition) is 3. The van der Waals surface area contributed by atoms with Crippen LogP contribution in [0.15, 0.2) is 54.7 Å². The molecule has 2 fully saturated rings. The summed E-state index contributed by atoms with van der Waals surface area (Å²) in [5.74, 6) is 1.88. The summed E-state index contributed by atoms with van der Waals surface area (Å²) in [6.45, 7) is 0. The van der Waals surface area contributed by atoms with Crippen molar-refractivity contribution in [3.05, 3.63) is 54.7 Å². The first-order valence-electron chi connectivity index (χ1n) is 11.4. The van der Waals surface area contributed by atoms with E-state index in [9.17, 15) is 5.11 Å². The third kappa shape index (κ3) is 3.64. The van der Waals surface area contributed by atoms with Gasteiger partial charge in [0.25, 0.3) is 0 Å². The molecule has 0 radical (unpaired) electrons. The molecule has 162 valence electrons. The number of rotatable bonds is 6. The highest BCUT2D eigenvalue weighted by molar-refractivity contribution is 5.91. The third-order valence-electron chi connectivity index (χ3n) is 6.33. The monoisotopic (exact) mass is 426 g/mol. The molecular formula is C25H26N6O. The van der Waals surface area contributed by atoms with Crippen molar-refractivity contribution in [1.82, 2.24) is 19.6 Å². The number of nitrogens with one attached hydrogen (secondary N) is 2. The molecule has 7 heteroatoms. The van der Waals surface area contributed by atoms with Gasteiger partial charge in [0.15, 0.2) is 0 Å². The summed E-state index contributed by atoms with van der Waals surface area (Å²) >= 11 is 0. The summed E-state index contributed by atoms with van der Waals surface area (Å²) in [6.07, 6.45) is 9.05. The fourth-order valence-corrected chi connectivity index (χ4v) is 4.51. The van der Waals surface area contributed by atoms with Gasteiger partial charge in [0.05, 0.1) is 16.8 Å². The zero-order valence-corrected chi connectivity index (χ0v) is 17.8. The minimum atomic E-state index is 0.236. The van der Waals surface area contributed by atoms with E-state index < -0.39 is 0 Å². The smallest absolute Gasteiger partial charge is 0.223 e. The maximum atomic E-state index is 9.79. The van der Waals surface area contributed by atoms with Crippen molar-refractivity contribution in [3.63, 3.8) is 0 Å². The fraction of sp³-hybridized carbons (Fsp3) is 0.320. The lowest BCUT2D eigenvalue weighted by atomic mass is 10.0. The molecule has 0 bridgehead atoms. The SMILES string of the molecule is Oc1ccc(-c2nn3c(NC4CC4)cccc3c2-c2ccnc(NC3CCCC3)n2)cc1. The summed E-state index contributed by atoms with van der Waals surface area (Å²) in [4.78, 5) is 9.37. The molecule has 2 saturated carbocycles. The van der Waals surface area contributed by atoms with E-state index in [1.807, 2.05) is 28.9 Å². The van der Waals surface area contributed by atoms with Crippen LogP contribution in [0.3, 0.4) is 0 Å². The Morgan fingerprint density at radius 1 is 0.875 bits per heavy atom. The molecule has 2 aliphatic carbocycles. The van der Waals surface area contributed by atoms with Crippen molar-refractivity contribution < 1.29 is 5.11 Å². The molecule has 6 rings (SSSR count). The molecule has 32 heavy (non-hydrogen) atoms. The van der Waals surface area contributed by atoms with Crippen LogP contribution in [0, 0.1) is 0 Å². The lowest BCUT2D eigenvalue weighted by Gasteiger charge is -2.12. The Kier molecular flexibility index (Phi) is 4.67. The van der Waals surface area contributed by atoms with Crippen LogP contribution >= 0.6 is 0 Å². The molecule has 2 aliphatic rings. The van der Waals surface area contributed by atoms with Crippen LogP contribution in [0.1, 0.15) is 38.5 Å². The van der Waals surface area contributed by atoms with Crippen LogP contribution in [0.5, 0.6) is 5.75 Å². The minimum Gasteiger partial charge on any atom is -0.508 e. The average molecular weight is 427 g/mol. The molecule has 7 nitrogen and oxygen atoms in total. The van der Waals surface area contributed by atoms with Crippen LogP contribution in [0.4, 0.5) is 11.8 Å². The Labute approximate surface area is 186 Å². The molecule has 0 aliphatic heterocycles. The first-order chi connectivity index (χ1) is 15.7. The van der Waals surface area contributed by atoms with Gasteiger partial charge in [-0.3, -0.25) is 0 Å². The van der Waals surface area contributed by atoms with Gasteiger partial charge >= 0.3 is 0 Å². The van der Waals surface area contributed by atoms with Crippen LogP contribution in [-0.4, -0.2) is 36.8 Å². The first kappa shape index (κ1) is 19.1. The van der Waals surface area contributed by atoms with Crippen LogP contribution in [0.2, 0.25) is 0 Å². The topological polar surface area (TPSA) is 87.4 Å². The summed E-state index contributed by atoms with van der Waals surface area (Å²) < 4.78 is 1.97. The van der Waals surface area contributed by atoms with E-state index in [1.165, 1.54) is 38.5 Å². The molecule has 3 aromatic heterocycles. The Morgan fingerprint density at radius 2 is 1.66 bits per heavy atom. The number of nitrogens with zero attached hydrogens (tertiary/aromatic N) is 4. The van der Waals surface area contributed by atoms with E-state index in [1.54, 1.807) is 12.1 Å². The normalized spacial score (nSPS) is 16.5. The average Bonchev–Trinajstić information content (AvgIpc) is 3.31. The molecule has 0 spiro atoms. The highest BCUT2D eigenvalue weighted by Gasteiger charge is 2.24.